The fourth-order valence-corrected chi connectivity index (χ4v) is 2.86. The molecule has 1 saturated carbocycles. The van der Waals surface area contributed by atoms with Crippen LogP contribution < -0.4 is 5.73 Å². The molecule has 1 aliphatic carbocycles. The van der Waals surface area contributed by atoms with Crippen molar-refractivity contribution >= 4 is 17.5 Å². The molecule has 2 unspecified atom stereocenters. The highest BCUT2D eigenvalue weighted by Crippen LogP contribution is 2.43. The van der Waals surface area contributed by atoms with Crippen molar-refractivity contribution in [2.24, 2.45) is 11.1 Å². The highest BCUT2D eigenvalue weighted by atomic mass is 35.5. The van der Waals surface area contributed by atoms with Gasteiger partial charge in [0.05, 0.1) is 0 Å². The molecule has 0 saturated heterocycles. The van der Waals surface area contributed by atoms with E-state index in [1.165, 1.54) is 5.56 Å². The minimum absolute atomic E-state index is 0.170. The highest BCUT2D eigenvalue weighted by Gasteiger charge is 2.37. The molecule has 1 aromatic carbocycles. The van der Waals surface area contributed by atoms with Crippen molar-refractivity contribution < 1.29 is 4.79 Å². The monoisotopic (exact) mass is 251 g/mol. The summed E-state index contributed by atoms with van der Waals surface area (Å²) in [5.74, 6) is 0.259. The van der Waals surface area contributed by atoms with Gasteiger partial charge in [-0.25, -0.2) is 0 Å². The highest BCUT2D eigenvalue weighted by molar-refractivity contribution is 6.30. The third kappa shape index (κ3) is 2.63. The summed E-state index contributed by atoms with van der Waals surface area (Å²) >= 11 is 5.88. The molecule has 0 spiro atoms. The average Bonchev–Trinajstić information content (AvgIpc) is 2.30. The van der Waals surface area contributed by atoms with Gasteiger partial charge in [0.1, 0.15) is 0 Å². The Morgan fingerprint density at radius 2 is 2.06 bits per heavy atom. The number of carbonyl (C=O) groups is 1. The lowest BCUT2D eigenvalue weighted by molar-refractivity contribution is -0.128. The summed E-state index contributed by atoms with van der Waals surface area (Å²) in [6.07, 6.45) is 3.95. The molecule has 1 aliphatic rings. The molecule has 1 amide bonds. The molecular weight excluding hydrogens is 234 g/mol. The lowest BCUT2D eigenvalue weighted by atomic mass is 9.68. The lowest BCUT2D eigenvalue weighted by Gasteiger charge is -2.35. The van der Waals surface area contributed by atoms with Crippen LogP contribution in [0.2, 0.25) is 5.02 Å². The number of primary amides is 1. The Kier molecular flexibility index (Phi) is 3.43. The summed E-state index contributed by atoms with van der Waals surface area (Å²) in [4.78, 5) is 11.5. The van der Waals surface area contributed by atoms with Crippen LogP contribution in [0.15, 0.2) is 24.3 Å². The van der Waals surface area contributed by atoms with Gasteiger partial charge in [-0.05, 0) is 42.9 Å². The number of amides is 1. The van der Waals surface area contributed by atoms with Crippen LogP contribution in [0.25, 0.3) is 0 Å². The lowest BCUT2D eigenvalue weighted by Crippen LogP contribution is -2.38. The van der Waals surface area contributed by atoms with E-state index in [1.54, 1.807) is 0 Å². The number of hydrogen-bond acceptors (Lipinski definition) is 1. The van der Waals surface area contributed by atoms with Crippen molar-refractivity contribution in [1.29, 1.82) is 0 Å². The largest absolute Gasteiger partial charge is 0.369 e. The molecule has 92 valence electrons. The van der Waals surface area contributed by atoms with Crippen LogP contribution in [0.3, 0.4) is 0 Å². The molecule has 0 aromatic heterocycles. The van der Waals surface area contributed by atoms with Gasteiger partial charge in [0.2, 0.25) is 5.91 Å². The zero-order valence-corrected chi connectivity index (χ0v) is 10.8. The van der Waals surface area contributed by atoms with Gasteiger partial charge >= 0.3 is 0 Å². The third-order valence-electron chi connectivity index (χ3n) is 3.91. The smallest absolute Gasteiger partial charge is 0.223 e. The van der Waals surface area contributed by atoms with Crippen molar-refractivity contribution in [1.82, 2.24) is 0 Å². The van der Waals surface area contributed by atoms with Gasteiger partial charge in [0.25, 0.3) is 0 Å². The number of carbonyl (C=O) groups excluding carboxylic acids is 1. The van der Waals surface area contributed by atoms with Crippen LogP contribution in [0.5, 0.6) is 0 Å². The van der Waals surface area contributed by atoms with Gasteiger partial charge in [-0.2, -0.15) is 0 Å². The number of halogens is 1. The fourth-order valence-electron chi connectivity index (χ4n) is 2.73. The number of benzene rings is 1. The SMILES string of the molecule is CC1(C(N)=O)CCCC(c2ccc(Cl)cc2)C1. The zero-order chi connectivity index (χ0) is 12.5. The Labute approximate surface area is 107 Å². The molecule has 2 atom stereocenters. The predicted molar refractivity (Wildman–Crippen MR) is 70.0 cm³/mol. The second-order valence-corrected chi connectivity index (χ2v) is 5.71. The molecule has 0 aliphatic heterocycles. The molecule has 3 heteroatoms. The van der Waals surface area contributed by atoms with Crippen LogP contribution in [0.4, 0.5) is 0 Å². The maximum Gasteiger partial charge on any atom is 0.223 e. The first-order valence-corrected chi connectivity index (χ1v) is 6.44. The van der Waals surface area contributed by atoms with E-state index >= 15 is 0 Å². The Balaban J connectivity index is 2.17. The molecule has 1 aromatic rings. The zero-order valence-electron chi connectivity index (χ0n) is 10.1. The van der Waals surface area contributed by atoms with Gasteiger partial charge in [-0.1, -0.05) is 37.1 Å². The third-order valence-corrected chi connectivity index (χ3v) is 4.17. The van der Waals surface area contributed by atoms with Crippen LogP contribution in [0.1, 0.15) is 44.1 Å². The molecule has 0 radical (unpaired) electrons. The van der Waals surface area contributed by atoms with E-state index in [-0.39, 0.29) is 11.3 Å². The second-order valence-electron chi connectivity index (χ2n) is 5.27. The van der Waals surface area contributed by atoms with Crippen molar-refractivity contribution in [3.05, 3.63) is 34.9 Å². The molecule has 17 heavy (non-hydrogen) atoms. The normalized spacial score (nSPS) is 28.9. The van der Waals surface area contributed by atoms with E-state index < -0.39 is 0 Å². The minimum atomic E-state index is -0.345. The second kappa shape index (κ2) is 4.69. The molecule has 2 N–H and O–H groups in total. The number of hydrogen-bond donors (Lipinski definition) is 1. The van der Waals surface area contributed by atoms with Crippen LogP contribution >= 0.6 is 11.6 Å². The van der Waals surface area contributed by atoms with Crippen LogP contribution in [-0.2, 0) is 4.79 Å². The van der Waals surface area contributed by atoms with Gasteiger partial charge in [-0.15, -0.1) is 0 Å². The molecular formula is C14H18ClNO. The summed E-state index contributed by atoms with van der Waals surface area (Å²) in [5, 5.41) is 0.752. The summed E-state index contributed by atoms with van der Waals surface area (Å²) in [6, 6.07) is 7.93. The predicted octanol–water partition coefficient (Wildman–Crippen LogP) is 3.49. The first-order chi connectivity index (χ1) is 8.01. The van der Waals surface area contributed by atoms with Gasteiger partial charge < -0.3 is 5.73 Å². The summed E-state index contributed by atoms with van der Waals surface area (Å²) < 4.78 is 0. The van der Waals surface area contributed by atoms with Gasteiger partial charge in [0.15, 0.2) is 0 Å². The van der Waals surface area contributed by atoms with E-state index in [4.69, 9.17) is 17.3 Å². The maximum absolute atomic E-state index is 11.5. The molecule has 2 rings (SSSR count). The topological polar surface area (TPSA) is 43.1 Å². The van der Waals surface area contributed by atoms with Crippen molar-refractivity contribution in [2.75, 3.05) is 0 Å². The van der Waals surface area contributed by atoms with Gasteiger partial charge in [0, 0.05) is 10.4 Å². The molecule has 0 heterocycles. The molecule has 0 bridgehead atoms. The van der Waals surface area contributed by atoms with Crippen LogP contribution in [-0.4, -0.2) is 5.91 Å². The van der Waals surface area contributed by atoms with E-state index in [1.807, 2.05) is 19.1 Å². The Morgan fingerprint density at radius 3 is 2.65 bits per heavy atom. The maximum atomic E-state index is 11.5. The standard InChI is InChI=1S/C14H18ClNO/c1-14(13(16)17)8-2-3-11(9-14)10-4-6-12(15)7-5-10/h4-7,11H,2-3,8-9H2,1H3,(H2,16,17). The first kappa shape index (κ1) is 12.4. The van der Waals surface area contributed by atoms with E-state index in [9.17, 15) is 4.79 Å². The Bertz CT molecular complexity index is 415. The first-order valence-electron chi connectivity index (χ1n) is 6.07. The average molecular weight is 252 g/mol. The van der Waals surface area contributed by atoms with Crippen molar-refractivity contribution in [3.63, 3.8) is 0 Å². The Hall–Kier alpha value is -1.02. The van der Waals surface area contributed by atoms with Crippen molar-refractivity contribution in [3.8, 4) is 0 Å². The number of rotatable bonds is 2. The summed E-state index contributed by atoms with van der Waals surface area (Å²) in [6.45, 7) is 1.98. The fraction of sp³-hybridized carbons (Fsp3) is 0.500. The van der Waals surface area contributed by atoms with Gasteiger partial charge in [-0.3, -0.25) is 4.79 Å². The number of nitrogens with two attached hydrogens (primary N) is 1. The van der Waals surface area contributed by atoms with E-state index in [0.29, 0.717) is 5.92 Å². The van der Waals surface area contributed by atoms with E-state index in [2.05, 4.69) is 12.1 Å². The van der Waals surface area contributed by atoms with E-state index in [0.717, 1.165) is 30.7 Å². The summed E-state index contributed by atoms with van der Waals surface area (Å²) in [5.41, 5.74) is 6.43. The molecule has 1 fully saturated rings. The minimum Gasteiger partial charge on any atom is -0.369 e. The quantitative estimate of drug-likeness (QED) is 0.859. The summed E-state index contributed by atoms with van der Waals surface area (Å²) in [7, 11) is 0. The van der Waals surface area contributed by atoms with Crippen molar-refractivity contribution in [2.45, 2.75) is 38.5 Å². The van der Waals surface area contributed by atoms with Crippen LogP contribution in [0, 0.1) is 5.41 Å². The Morgan fingerprint density at radius 1 is 1.41 bits per heavy atom. The molecule has 2 nitrogen and oxygen atoms in total.